The first-order valence-corrected chi connectivity index (χ1v) is 15.1. The van der Waals surface area contributed by atoms with Crippen LogP contribution >= 0.6 is 0 Å². The van der Waals surface area contributed by atoms with Crippen LogP contribution in [0.4, 0.5) is 20.3 Å². The van der Waals surface area contributed by atoms with Gasteiger partial charge in [-0.05, 0) is 56.1 Å². The highest BCUT2D eigenvalue weighted by atomic mass is 19.1. The van der Waals surface area contributed by atoms with Crippen molar-refractivity contribution in [1.82, 2.24) is 20.2 Å². The van der Waals surface area contributed by atoms with Gasteiger partial charge in [0.25, 0.3) is 0 Å². The van der Waals surface area contributed by atoms with Gasteiger partial charge in [-0.1, -0.05) is 12.0 Å². The number of benzene rings is 2. The summed E-state index contributed by atoms with van der Waals surface area (Å²) in [5, 5.41) is 15.5. The van der Waals surface area contributed by atoms with E-state index in [0.717, 1.165) is 43.0 Å². The number of hydrogen-bond acceptors (Lipinski definition) is 8. The maximum atomic E-state index is 15.0. The average molecular weight is 590 g/mol. The van der Waals surface area contributed by atoms with Crippen molar-refractivity contribution in [3.63, 3.8) is 0 Å². The van der Waals surface area contributed by atoms with Crippen LogP contribution in [0.1, 0.15) is 53.0 Å². The molecule has 4 fully saturated rings. The summed E-state index contributed by atoms with van der Waals surface area (Å²) in [5.41, 5.74) is 1.52. The van der Waals surface area contributed by atoms with Crippen LogP contribution in [-0.2, 0) is 13.0 Å². The Labute approximate surface area is 254 Å². The normalized spacial score (nSPS) is 32.2. The SMILES string of the molecule is [2H]C1([2H])CC[C@@]2(COc3nc4c(c(N5C[C@H]6CC[C@@H](C5)N6)n3)CCN(c3cc(O)cc5ccc(F)c(C#C)c35)C4)C[C@@]([2H])(F)CN12. The number of ether oxygens (including phenoxy) is 1. The van der Waals surface area contributed by atoms with Crippen molar-refractivity contribution in [2.24, 2.45) is 0 Å². The summed E-state index contributed by atoms with van der Waals surface area (Å²) in [6.45, 7) is 0.431. The minimum Gasteiger partial charge on any atom is -0.508 e. The molecule has 8 nitrogen and oxygen atoms in total. The van der Waals surface area contributed by atoms with Crippen LogP contribution in [0.15, 0.2) is 24.3 Å². The number of aromatic hydroxyl groups is 1. The quantitative estimate of drug-likeness (QED) is 0.434. The molecule has 6 heterocycles. The Kier molecular flexibility index (Phi) is 5.63. The Hall–Kier alpha value is -3.68. The molecule has 5 aliphatic rings. The van der Waals surface area contributed by atoms with E-state index >= 15 is 0 Å². The van der Waals surface area contributed by atoms with E-state index in [-0.39, 0.29) is 43.3 Å². The van der Waals surface area contributed by atoms with Crippen LogP contribution in [0.3, 0.4) is 0 Å². The zero-order valence-electron chi connectivity index (χ0n) is 26.9. The zero-order valence-corrected chi connectivity index (χ0v) is 23.9. The fraction of sp³-hybridized carbons (Fsp3) is 0.515. The molecule has 5 aliphatic heterocycles. The predicted molar refractivity (Wildman–Crippen MR) is 161 cm³/mol. The minimum atomic E-state index is -2.26. The monoisotopic (exact) mass is 589 g/mol. The molecule has 0 radical (unpaired) electrons. The molecule has 2 N–H and O–H groups in total. The van der Waals surface area contributed by atoms with E-state index < -0.39 is 24.0 Å². The van der Waals surface area contributed by atoms with Crippen molar-refractivity contribution in [3.05, 3.63) is 46.9 Å². The number of nitrogens with one attached hydrogen (secondary N) is 1. The lowest BCUT2D eigenvalue weighted by atomic mass is 9.95. The molecular formula is C33H36F2N6O2. The molecule has 43 heavy (non-hydrogen) atoms. The topological polar surface area (TPSA) is 77.0 Å². The lowest BCUT2D eigenvalue weighted by molar-refractivity contribution is 0.107. The molecule has 4 atom stereocenters. The molecule has 0 spiro atoms. The summed E-state index contributed by atoms with van der Waals surface area (Å²) in [5.74, 6) is 2.83. The zero-order chi connectivity index (χ0) is 32.0. The number of phenolic OH excluding ortho intramolecular Hbond substituents is 1. The Morgan fingerprint density at radius 1 is 1.21 bits per heavy atom. The number of phenols is 1. The fourth-order valence-electron chi connectivity index (χ4n) is 7.80. The van der Waals surface area contributed by atoms with Gasteiger partial charge in [-0.2, -0.15) is 9.97 Å². The minimum absolute atomic E-state index is 0.0339. The van der Waals surface area contributed by atoms with Crippen molar-refractivity contribution in [2.75, 3.05) is 49.1 Å². The van der Waals surface area contributed by atoms with Gasteiger partial charge >= 0.3 is 6.01 Å². The first-order valence-electron chi connectivity index (χ1n) is 16.6. The van der Waals surface area contributed by atoms with Crippen molar-refractivity contribution < 1.29 is 22.7 Å². The van der Waals surface area contributed by atoms with E-state index in [1.807, 2.05) is 4.90 Å². The van der Waals surface area contributed by atoms with Crippen LogP contribution < -0.4 is 19.9 Å². The van der Waals surface area contributed by atoms with E-state index in [2.05, 4.69) is 16.1 Å². The third kappa shape index (κ3) is 4.56. The van der Waals surface area contributed by atoms with E-state index in [0.29, 0.717) is 54.5 Å². The molecule has 0 amide bonds. The number of aromatic nitrogens is 2. The van der Waals surface area contributed by atoms with E-state index in [1.165, 1.54) is 11.0 Å². The van der Waals surface area contributed by atoms with Crippen molar-refractivity contribution in [3.8, 4) is 24.1 Å². The summed E-state index contributed by atoms with van der Waals surface area (Å²) in [6, 6.07) is 6.95. The highest BCUT2D eigenvalue weighted by molar-refractivity contribution is 6.00. The van der Waals surface area contributed by atoms with Crippen LogP contribution in [-0.4, -0.2) is 83.0 Å². The summed E-state index contributed by atoms with van der Waals surface area (Å²) in [4.78, 5) is 15.6. The number of hydrogen-bond donors (Lipinski definition) is 2. The Balaban J connectivity index is 1.17. The van der Waals surface area contributed by atoms with E-state index in [9.17, 15) is 13.9 Å². The maximum Gasteiger partial charge on any atom is 0.318 e. The number of fused-ring (bicyclic) bond motifs is 5. The van der Waals surface area contributed by atoms with E-state index in [4.69, 9.17) is 25.2 Å². The molecule has 10 heteroatoms. The van der Waals surface area contributed by atoms with Gasteiger partial charge in [0.1, 0.15) is 30.1 Å². The molecule has 2 aromatic carbocycles. The first kappa shape index (κ1) is 23.7. The van der Waals surface area contributed by atoms with Gasteiger partial charge in [0.2, 0.25) is 0 Å². The van der Waals surface area contributed by atoms with Crippen LogP contribution in [0.25, 0.3) is 10.8 Å². The molecule has 1 aromatic heterocycles. The molecule has 8 rings (SSSR count). The van der Waals surface area contributed by atoms with Crippen LogP contribution in [0, 0.1) is 18.2 Å². The Morgan fingerprint density at radius 2 is 2.05 bits per heavy atom. The highest BCUT2D eigenvalue weighted by Crippen LogP contribution is 2.42. The van der Waals surface area contributed by atoms with Gasteiger partial charge in [-0.15, -0.1) is 6.42 Å². The second kappa shape index (κ2) is 10.2. The van der Waals surface area contributed by atoms with Gasteiger partial charge in [-0.3, -0.25) is 4.90 Å². The number of anilines is 2. The second-order valence-electron chi connectivity index (χ2n) is 12.6. The van der Waals surface area contributed by atoms with Gasteiger partial charge in [-0.25, -0.2) is 8.78 Å². The molecule has 3 aromatic rings. The van der Waals surface area contributed by atoms with Gasteiger partial charge in [0.05, 0.1) is 24.7 Å². The van der Waals surface area contributed by atoms with Gasteiger partial charge < -0.3 is 25.0 Å². The molecular weight excluding hydrogens is 550 g/mol. The number of piperazine rings is 1. The van der Waals surface area contributed by atoms with Crippen LogP contribution in [0.5, 0.6) is 11.8 Å². The number of terminal acetylenes is 1. The molecule has 2 bridgehead atoms. The summed E-state index contributed by atoms with van der Waals surface area (Å²) in [7, 11) is 0. The second-order valence-corrected chi connectivity index (χ2v) is 12.6. The molecule has 0 unspecified atom stereocenters. The lowest BCUT2D eigenvalue weighted by Gasteiger charge is -2.38. The number of halogens is 2. The smallest absolute Gasteiger partial charge is 0.318 e. The van der Waals surface area contributed by atoms with Crippen molar-refractivity contribution in [2.45, 2.75) is 68.8 Å². The maximum absolute atomic E-state index is 15.0. The average Bonchev–Trinajstić information content (AvgIpc) is 3.60. The third-order valence-electron chi connectivity index (χ3n) is 9.84. The van der Waals surface area contributed by atoms with Gasteiger partial charge in [0.15, 0.2) is 0 Å². The fourth-order valence-corrected chi connectivity index (χ4v) is 7.80. The Bertz CT molecular complexity index is 1770. The van der Waals surface area contributed by atoms with Crippen LogP contribution in [0.2, 0.25) is 0 Å². The summed E-state index contributed by atoms with van der Waals surface area (Å²) in [6.07, 6.45) is 6.75. The molecule has 224 valence electrons. The highest BCUT2D eigenvalue weighted by Gasteiger charge is 2.49. The number of nitrogens with zero attached hydrogens (tertiary/aromatic N) is 5. The number of alkyl halides is 1. The summed E-state index contributed by atoms with van der Waals surface area (Å²) >= 11 is 0. The third-order valence-corrected chi connectivity index (χ3v) is 9.84. The molecule has 4 saturated heterocycles. The largest absolute Gasteiger partial charge is 0.508 e. The summed E-state index contributed by atoms with van der Waals surface area (Å²) < 4.78 is 61.1. The molecule has 0 aliphatic carbocycles. The predicted octanol–water partition coefficient (Wildman–Crippen LogP) is 3.91. The van der Waals surface area contributed by atoms with Gasteiger partial charge in [0, 0.05) is 70.1 Å². The Morgan fingerprint density at radius 3 is 2.86 bits per heavy atom. The first-order chi connectivity index (χ1) is 21.9. The standard InChI is InChI=1S/C33H36F2N6O2/c1-2-25-27(35)7-4-20-12-24(42)13-29(30(20)25)39-11-8-26-28(18-39)37-32(38-31(26)40-16-22-5-6-23(17-40)36-22)43-19-33-9-3-10-41(33)15-21(34)14-33/h1,4,7,12-13,21-23,36,42H,3,5-6,8-11,14-19H2/t21-,22-,23+,33+/m1/s1/i10D2,21D. The number of rotatable bonds is 5. The lowest BCUT2D eigenvalue weighted by Crippen LogP contribution is -2.52. The van der Waals surface area contributed by atoms with Crippen molar-refractivity contribution >= 4 is 22.3 Å². The van der Waals surface area contributed by atoms with Crippen molar-refractivity contribution in [1.29, 1.82) is 0 Å². The molecule has 0 saturated carbocycles. The van der Waals surface area contributed by atoms with E-state index in [1.54, 1.807) is 18.2 Å².